The Labute approximate surface area is 129 Å². The van der Waals surface area contributed by atoms with E-state index < -0.39 is 0 Å². The van der Waals surface area contributed by atoms with Gasteiger partial charge >= 0.3 is 0 Å². The molecule has 0 aliphatic carbocycles. The van der Waals surface area contributed by atoms with Crippen molar-refractivity contribution in [3.8, 4) is 0 Å². The third-order valence-corrected chi connectivity index (χ3v) is 4.30. The minimum atomic E-state index is 0.470. The Morgan fingerprint density at radius 1 is 1.38 bits per heavy atom. The zero-order valence-electron chi connectivity index (χ0n) is 13.4. The molecule has 0 unspecified atom stereocenters. The second kappa shape index (κ2) is 8.83. The minimum Gasteiger partial charge on any atom is -0.382 e. The lowest BCUT2D eigenvalue weighted by Crippen LogP contribution is -2.28. The summed E-state index contributed by atoms with van der Waals surface area (Å²) in [7, 11) is 1.77. The topological polar surface area (TPSA) is 24.8 Å². The molecule has 0 N–H and O–H groups in total. The van der Waals surface area contributed by atoms with Crippen molar-refractivity contribution < 1.29 is 4.74 Å². The highest BCUT2D eigenvalue weighted by Crippen LogP contribution is 2.18. The van der Waals surface area contributed by atoms with E-state index in [9.17, 15) is 0 Å². The number of nitrogens with zero attached hydrogens (tertiary/aromatic N) is 2. The third kappa shape index (κ3) is 5.16. The van der Waals surface area contributed by atoms with Crippen molar-refractivity contribution >= 4 is 6.21 Å². The fourth-order valence-corrected chi connectivity index (χ4v) is 2.89. The minimum absolute atomic E-state index is 0.470. The molecule has 3 heteroatoms. The molecule has 1 heterocycles. The molecule has 0 bridgehead atoms. The second-order valence-electron chi connectivity index (χ2n) is 5.87. The Kier molecular flexibility index (Phi) is 6.74. The van der Waals surface area contributed by atoms with Crippen molar-refractivity contribution in [3.63, 3.8) is 0 Å². The smallest absolute Gasteiger partial charge is 0.0704 e. The maximum Gasteiger partial charge on any atom is 0.0704 e. The molecular formula is C18H28N2O. The summed E-state index contributed by atoms with van der Waals surface area (Å²) in [5.41, 5.74) is 1.42. The lowest BCUT2D eigenvalue weighted by Gasteiger charge is -2.21. The van der Waals surface area contributed by atoms with Crippen molar-refractivity contribution in [2.45, 2.75) is 45.1 Å². The Balaban J connectivity index is 1.82. The van der Waals surface area contributed by atoms with Crippen molar-refractivity contribution in [1.82, 2.24) is 5.01 Å². The zero-order valence-corrected chi connectivity index (χ0v) is 13.4. The fraction of sp³-hybridized carbons (Fsp3) is 0.611. The molecule has 1 aromatic carbocycles. The first kappa shape index (κ1) is 16.0. The highest BCUT2D eigenvalue weighted by molar-refractivity contribution is 5.60. The van der Waals surface area contributed by atoms with Crippen LogP contribution in [-0.2, 0) is 11.2 Å². The van der Waals surface area contributed by atoms with E-state index in [1.165, 1.54) is 24.8 Å². The number of ether oxygens (including phenoxy) is 1. The SMILES string of the molecule is CC[C@H](/C=N/N1CCC[C@H]1COC)CCc1ccccc1. The van der Waals surface area contributed by atoms with Crippen molar-refractivity contribution in [2.24, 2.45) is 11.0 Å². The molecule has 1 aliphatic heterocycles. The molecular weight excluding hydrogens is 260 g/mol. The fourth-order valence-electron chi connectivity index (χ4n) is 2.89. The normalized spacial score (nSPS) is 20.3. The number of rotatable bonds is 8. The van der Waals surface area contributed by atoms with Gasteiger partial charge in [0.05, 0.1) is 12.6 Å². The zero-order chi connectivity index (χ0) is 14.9. The van der Waals surface area contributed by atoms with Gasteiger partial charge in [-0.1, -0.05) is 37.3 Å². The van der Waals surface area contributed by atoms with Crippen molar-refractivity contribution in [1.29, 1.82) is 0 Å². The number of benzene rings is 1. The largest absolute Gasteiger partial charge is 0.382 e. The van der Waals surface area contributed by atoms with E-state index in [-0.39, 0.29) is 0 Å². The molecule has 2 atom stereocenters. The standard InChI is InChI=1S/C18H28N2O/c1-3-16(11-12-17-8-5-4-6-9-17)14-19-20-13-7-10-18(20)15-21-2/h4-6,8-9,14,16,18H,3,7,10-13,15H2,1-2H3/b19-14+/t16-,18-/m0/s1. The van der Waals surface area contributed by atoms with Crippen LogP contribution >= 0.6 is 0 Å². The van der Waals surface area contributed by atoms with Crippen LogP contribution < -0.4 is 0 Å². The molecule has 0 amide bonds. The van der Waals surface area contributed by atoms with E-state index in [4.69, 9.17) is 9.84 Å². The predicted octanol–water partition coefficient (Wildman–Crippen LogP) is 3.74. The van der Waals surface area contributed by atoms with Crippen LogP contribution in [0.1, 0.15) is 38.2 Å². The second-order valence-corrected chi connectivity index (χ2v) is 5.87. The van der Waals surface area contributed by atoms with Crippen molar-refractivity contribution in [2.75, 3.05) is 20.3 Å². The molecule has 2 rings (SSSR count). The summed E-state index contributed by atoms with van der Waals surface area (Å²) < 4.78 is 5.28. The van der Waals surface area contributed by atoms with Gasteiger partial charge in [0.2, 0.25) is 0 Å². The van der Waals surface area contributed by atoms with Gasteiger partial charge in [-0.2, -0.15) is 5.10 Å². The third-order valence-electron chi connectivity index (χ3n) is 4.30. The summed E-state index contributed by atoms with van der Waals surface area (Å²) in [4.78, 5) is 0. The van der Waals surface area contributed by atoms with Crippen LogP contribution in [0.15, 0.2) is 35.4 Å². The van der Waals surface area contributed by atoms with Gasteiger partial charge in [0.1, 0.15) is 0 Å². The number of hydrogen-bond donors (Lipinski definition) is 0. The first-order valence-electron chi connectivity index (χ1n) is 8.17. The van der Waals surface area contributed by atoms with E-state index in [2.05, 4.69) is 48.5 Å². The number of methoxy groups -OCH3 is 1. The summed E-state index contributed by atoms with van der Waals surface area (Å²) in [6.07, 6.45) is 8.05. The first-order chi connectivity index (χ1) is 10.3. The first-order valence-corrected chi connectivity index (χ1v) is 8.17. The Morgan fingerprint density at radius 2 is 2.19 bits per heavy atom. The van der Waals surface area contributed by atoms with Crippen LogP contribution in [0.4, 0.5) is 0 Å². The van der Waals surface area contributed by atoms with Gasteiger partial charge in [0.15, 0.2) is 0 Å². The molecule has 0 aromatic heterocycles. The molecule has 116 valence electrons. The monoisotopic (exact) mass is 288 g/mol. The molecule has 1 fully saturated rings. The van der Waals surface area contributed by atoms with E-state index in [1.807, 2.05) is 0 Å². The van der Waals surface area contributed by atoms with Crippen LogP contribution in [0.5, 0.6) is 0 Å². The summed E-state index contributed by atoms with van der Waals surface area (Å²) in [6.45, 7) is 4.11. The molecule has 3 nitrogen and oxygen atoms in total. The maximum absolute atomic E-state index is 5.28. The molecule has 0 radical (unpaired) electrons. The highest BCUT2D eigenvalue weighted by atomic mass is 16.5. The van der Waals surface area contributed by atoms with Crippen LogP contribution in [0.3, 0.4) is 0 Å². The van der Waals surface area contributed by atoms with Crippen LogP contribution in [0, 0.1) is 5.92 Å². The van der Waals surface area contributed by atoms with Crippen LogP contribution in [0.2, 0.25) is 0 Å². The van der Waals surface area contributed by atoms with E-state index in [1.54, 1.807) is 7.11 Å². The van der Waals surface area contributed by atoms with Gasteiger partial charge in [-0.25, -0.2) is 0 Å². The summed E-state index contributed by atoms with van der Waals surface area (Å²) in [6, 6.07) is 11.2. The van der Waals surface area contributed by atoms with Gasteiger partial charge in [0, 0.05) is 19.9 Å². The van der Waals surface area contributed by atoms with Crippen LogP contribution in [0.25, 0.3) is 0 Å². The average molecular weight is 288 g/mol. The van der Waals surface area contributed by atoms with E-state index in [0.717, 1.165) is 26.0 Å². The van der Waals surface area contributed by atoms with Gasteiger partial charge in [-0.05, 0) is 43.6 Å². The summed E-state index contributed by atoms with van der Waals surface area (Å²) >= 11 is 0. The van der Waals surface area contributed by atoms with Gasteiger partial charge in [-0.3, -0.25) is 5.01 Å². The summed E-state index contributed by atoms with van der Waals surface area (Å²) in [5.74, 6) is 0.564. The van der Waals surface area contributed by atoms with Gasteiger partial charge in [0.25, 0.3) is 0 Å². The maximum atomic E-state index is 5.28. The Morgan fingerprint density at radius 3 is 2.90 bits per heavy atom. The quantitative estimate of drug-likeness (QED) is 0.681. The highest BCUT2D eigenvalue weighted by Gasteiger charge is 2.22. The average Bonchev–Trinajstić information content (AvgIpc) is 2.96. The number of aryl methyl sites for hydroxylation is 1. The molecule has 21 heavy (non-hydrogen) atoms. The van der Waals surface area contributed by atoms with Gasteiger partial charge < -0.3 is 4.74 Å². The molecule has 0 saturated carbocycles. The molecule has 0 spiro atoms. The van der Waals surface area contributed by atoms with E-state index >= 15 is 0 Å². The summed E-state index contributed by atoms with van der Waals surface area (Å²) in [5, 5.41) is 6.95. The molecule has 1 aromatic rings. The number of hydrogen-bond acceptors (Lipinski definition) is 3. The van der Waals surface area contributed by atoms with Crippen molar-refractivity contribution in [3.05, 3.63) is 35.9 Å². The lowest BCUT2D eigenvalue weighted by atomic mass is 9.98. The Hall–Kier alpha value is -1.35. The lowest BCUT2D eigenvalue weighted by molar-refractivity contribution is 0.118. The van der Waals surface area contributed by atoms with Crippen LogP contribution in [-0.4, -0.2) is 37.5 Å². The number of hydrazone groups is 1. The molecule has 1 saturated heterocycles. The van der Waals surface area contributed by atoms with E-state index in [0.29, 0.717) is 12.0 Å². The predicted molar refractivity (Wildman–Crippen MR) is 88.6 cm³/mol. The Bertz CT molecular complexity index is 418. The van der Waals surface area contributed by atoms with Gasteiger partial charge in [-0.15, -0.1) is 0 Å². The molecule has 1 aliphatic rings.